The monoisotopic (exact) mass is 352 g/mol. The zero-order valence-electron chi connectivity index (χ0n) is 15.1. The summed E-state index contributed by atoms with van der Waals surface area (Å²) in [6.07, 6.45) is 6.19. The number of fused-ring (bicyclic) bond motifs is 1. The van der Waals surface area contributed by atoms with Gasteiger partial charge in [-0.2, -0.15) is 4.39 Å². The molecule has 0 bridgehead atoms. The minimum atomic E-state index is -0.934. The molecular weight excluding hydrogens is 330 g/mol. The van der Waals surface area contributed by atoms with E-state index < -0.39 is 11.6 Å². The van der Waals surface area contributed by atoms with Crippen LogP contribution in [0.5, 0.6) is 5.75 Å². The summed E-state index contributed by atoms with van der Waals surface area (Å²) in [7, 11) is 0. The fraction of sp³-hybridized carbons (Fsp3) is 0.217. The SMILES string of the molecule is C/C=C/CCc1ccc(-c2ccc3cc(OCC)c(F)c(F)c3c2)cc1. The van der Waals surface area contributed by atoms with Crippen LogP contribution in [0.3, 0.4) is 0 Å². The zero-order chi connectivity index (χ0) is 18.5. The van der Waals surface area contributed by atoms with Gasteiger partial charge in [0.1, 0.15) is 0 Å². The first kappa shape index (κ1) is 18.1. The quantitative estimate of drug-likeness (QED) is 0.449. The second kappa shape index (κ2) is 8.13. The topological polar surface area (TPSA) is 9.23 Å². The summed E-state index contributed by atoms with van der Waals surface area (Å²) in [6.45, 7) is 4.05. The molecule has 0 saturated heterocycles. The van der Waals surface area contributed by atoms with Gasteiger partial charge >= 0.3 is 0 Å². The summed E-state index contributed by atoms with van der Waals surface area (Å²) < 4.78 is 33.8. The van der Waals surface area contributed by atoms with Gasteiger partial charge in [0.05, 0.1) is 6.61 Å². The second-order valence-electron chi connectivity index (χ2n) is 6.18. The van der Waals surface area contributed by atoms with Gasteiger partial charge in [-0.15, -0.1) is 0 Å². The highest BCUT2D eigenvalue weighted by molar-refractivity contribution is 5.89. The number of rotatable bonds is 6. The Morgan fingerprint density at radius 1 is 0.923 bits per heavy atom. The van der Waals surface area contributed by atoms with Gasteiger partial charge in [0, 0.05) is 5.39 Å². The van der Waals surface area contributed by atoms with Gasteiger partial charge in [0.15, 0.2) is 11.6 Å². The summed E-state index contributed by atoms with van der Waals surface area (Å²) in [5.41, 5.74) is 3.10. The Bertz CT molecular complexity index is 927. The maximum Gasteiger partial charge on any atom is 0.201 e. The largest absolute Gasteiger partial charge is 0.491 e. The number of benzene rings is 3. The van der Waals surface area contributed by atoms with E-state index in [1.165, 1.54) is 5.56 Å². The number of hydrogen-bond donors (Lipinski definition) is 0. The van der Waals surface area contributed by atoms with Gasteiger partial charge in [-0.1, -0.05) is 48.6 Å². The Kier molecular flexibility index (Phi) is 5.67. The summed E-state index contributed by atoms with van der Waals surface area (Å²) in [5.74, 6) is -1.85. The van der Waals surface area contributed by atoms with Crippen molar-refractivity contribution >= 4 is 10.8 Å². The highest BCUT2D eigenvalue weighted by Crippen LogP contribution is 2.32. The van der Waals surface area contributed by atoms with Crippen molar-refractivity contribution in [1.29, 1.82) is 0 Å². The minimum absolute atomic E-state index is 0.0456. The Morgan fingerprint density at radius 2 is 1.65 bits per heavy atom. The first-order valence-electron chi connectivity index (χ1n) is 8.89. The molecule has 3 aromatic carbocycles. The maximum absolute atomic E-state index is 14.5. The Morgan fingerprint density at radius 3 is 2.35 bits per heavy atom. The van der Waals surface area contributed by atoms with Gasteiger partial charge in [-0.05, 0) is 60.9 Å². The van der Waals surface area contributed by atoms with Crippen LogP contribution in [0.25, 0.3) is 21.9 Å². The van der Waals surface area contributed by atoms with Crippen LogP contribution in [-0.2, 0) is 6.42 Å². The summed E-state index contributed by atoms with van der Waals surface area (Å²) in [5, 5.41) is 0.889. The molecule has 3 rings (SSSR count). The van der Waals surface area contributed by atoms with Crippen molar-refractivity contribution in [2.75, 3.05) is 6.61 Å². The molecule has 26 heavy (non-hydrogen) atoms. The third-order valence-electron chi connectivity index (χ3n) is 4.41. The van der Waals surface area contributed by atoms with E-state index in [1.807, 2.05) is 31.2 Å². The molecule has 0 fully saturated rings. The van der Waals surface area contributed by atoms with Crippen LogP contribution in [0.1, 0.15) is 25.8 Å². The molecule has 0 amide bonds. The first-order valence-corrected chi connectivity index (χ1v) is 8.89. The molecule has 0 spiro atoms. The second-order valence-corrected chi connectivity index (χ2v) is 6.18. The molecule has 3 heteroatoms. The molecule has 134 valence electrons. The Balaban J connectivity index is 1.93. The highest BCUT2D eigenvalue weighted by Gasteiger charge is 2.15. The van der Waals surface area contributed by atoms with E-state index in [2.05, 4.69) is 18.2 Å². The fourth-order valence-electron chi connectivity index (χ4n) is 3.02. The lowest BCUT2D eigenvalue weighted by Crippen LogP contribution is -1.98. The molecule has 0 N–H and O–H groups in total. The van der Waals surface area contributed by atoms with Crippen molar-refractivity contribution in [2.24, 2.45) is 0 Å². The zero-order valence-corrected chi connectivity index (χ0v) is 15.1. The number of aryl methyl sites for hydroxylation is 1. The highest BCUT2D eigenvalue weighted by atomic mass is 19.2. The van der Waals surface area contributed by atoms with Crippen molar-refractivity contribution in [3.63, 3.8) is 0 Å². The fourth-order valence-corrected chi connectivity index (χ4v) is 3.02. The van der Waals surface area contributed by atoms with Crippen LogP contribution in [-0.4, -0.2) is 6.61 Å². The number of halogens is 2. The third kappa shape index (κ3) is 3.77. The van der Waals surface area contributed by atoms with Gasteiger partial charge < -0.3 is 4.74 Å². The van der Waals surface area contributed by atoms with E-state index in [-0.39, 0.29) is 11.1 Å². The molecule has 0 aliphatic carbocycles. The molecule has 0 saturated carbocycles. The van der Waals surface area contributed by atoms with Gasteiger partial charge in [0.2, 0.25) is 5.82 Å². The van der Waals surface area contributed by atoms with Crippen LogP contribution >= 0.6 is 0 Å². The molecule has 0 radical (unpaired) electrons. The average molecular weight is 352 g/mol. The van der Waals surface area contributed by atoms with Gasteiger partial charge in [-0.25, -0.2) is 4.39 Å². The van der Waals surface area contributed by atoms with Crippen molar-refractivity contribution in [1.82, 2.24) is 0 Å². The first-order chi connectivity index (χ1) is 12.6. The Labute approximate surface area is 152 Å². The molecule has 1 nitrogen and oxygen atoms in total. The summed E-state index contributed by atoms with van der Waals surface area (Å²) in [4.78, 5) is 0. The van der Waals surface area contributed by atoms with Crippen molar-refractivity contribution in [3.8, 4) is 16.9 Å². The van der Waals surface area contributed by atoms with Crippen LogP contribution < -0.4 is 4.74 Å². The lowest BCUT2D eigenvalue weighted by atomic mass is 9.99. The third-order valence-corrected chi connectivity index (χ3v) is 4.41. The minimum Gasteiger partial charge on any atom is -0.491 e. The molecule has 0 unspecified atom stereocenters. The maximum atomic E-state index is 14.5. The molecule has 3 aromatic rings. The summed E-state index contributed by atoms with van der Waals surface area (Å²) >= 11 is 0. The molecule has 0 heterocycles. The lowest BCUT2D eigenvalue weighted by molar-refractivity contribution is 0.315. The predicted octanol–water partition coefficient (Wildman–Crippen LogP) is 6.69. The molecule has 0 aliphatic heterocycles. The van der Waals surface area contributed by atoms with E-state index in [4.69, 9.17) is 4.74 Å². The van der Waals surface area contributed by atoms with Crippen LogP contribution in [0.4, 0.5) is 8.78 Å². The number of hydrogen-bond acceptors (Lipinski definition) is 1. The van der Waals surface area contributed by atoms with E-state index >= 15 is 0 Å². The number of ether oxygens (including phenoxy) is 1. The summed E-state index contributed by atoms with van der Waals surface area (Å²) in [6, 6.07) is 15.2. The van der Waals surface area contributed by atoms with Gasteiger partial charge in [0.25, 0.3) is 0 Å². The van der Waals surface area contributed by atoms with Crippen molar-refractivity contribution < 1.29 is 13.5 Å². The molecule has 0 aliphatic rings. The van der Waals surface area contributed by atoms with Crippen molar-refractivity contribution in [2.45, 2.75) is 26.7 Å². The van der Waals surface area contributed by atoms with Crippen LogP contribution in [0.2, 0.25) is 0 Å². The average Bonchev–Trinajstić information content (AvgIpc) is 2.67. The lowest BCUT2D eigenvalue weighted by Gasteiger charge is -2.10. The standard InChI is InChI=1S/C23H22F2O/c1-3-5-6-7-16-8-10-17(11-9-16)18-12-13-19-15-21(26-4-2)23(25)22(24)20(19)14-18/h3,5,8-15H,4,6-7H2,1-2H3/b5-3+. The van der Waals surface area contributed by atoms with E-state index in [0.29, 0.717) is 12.0 Å². The molecular formula is C23H22F2O. The molecule has 0 atom stereocenters. The van der Waals surface area contributed by atoms with Crippen LogP contribution in [0.15, 0.2) is 60.7 Å². The normalized spacial score (nSPS) is 11.4. The van der Waals surface area contributed by atoms with E-state index in [1.54, 1.807) is 25.1 Å². The van der Waals surface area contributed by atoms with Crippen molar-refractivity contribution in [3.05, 3.63) is 77.9 Å². The molecule has 0 aromatic heterocycles. The Hall–Kier alpha value is -2.68. The van der Waals surface area contributed by atoms with Crippen LogP contribution in [0, 0.1) is 11.6 Å². The van der Waals surface area contributed by atoms with E-state index in [0.717, 1.165) is 24.0 Å². The number of allylic oxidation sites excluding steroid dienone is 2. The predicted molar refractivity (Wildman–Crippen MR) is 104 cm³/mol. The van der Waals surface area contributed by atoms with Gasteiger partial charge in [-0.3, -0.25) is 0 Å². The smallest absolute Gasteiger partial charge is 0.201 e. The van der Waals surface area contributed by atoms with E-state index in [9.17, 15) is 8.78 Å².